The van der Waals surface area contributed by atoms with Gasteiger partial charge in [0.2, 0.25) is 0 Å². The second-order valence-corrected chi connectivity index (χ2v) is 6.40. The number of hydrogen-bond acceptors (Lipinski definition) is 2. The van der Waals surface area contributed by atoms with E-state index in [0.29, 0.717) is 12.0 Å². The van der Waals surface area contributed by atoms with E-state index in [9.17, 15) is 0 Å². The lowest BCUT2D eigenvalue weighted by molar-refractivity contribution is 0.450. The topological polar surface area (TPSA) is 12.0 Å². The van der Waals surface area contributed by atoms with Crippen LogP contribution in [0.4, 0.5) is 0 Å². The highest BCUT2D eigenvalue weighted by Gasteiger charge is 2.25. The Bertz CT molecular complexity index is 494. The van der Waals surface area contributed by atoms with Crippen LogP contribution in [0.2, 0.25) is 0 Å². The fourth-order valence-corrected chi connectivity index (χ4v) is 4.29. The number of rotatable bonds is 6. The molecule has 102 valence electrons. The van der Waals surface area contributed by atoms with E-state index >= 15 is 0 Å². The van der Waals surface area contributed by atoms with Gasteiger partial charge in [0.15, 0.2) is 0 Å². The fraction of sp³-hybridized carbons (Fsp3) is 0.375. The summed E-state index contributed by atoms with van der Waals surface area (Å²) in [5.41, 5.74) is 1.41. The maximum Gasteiger partial charge on any atom is 0.0495 e. The Labute approximate surface area is 128 Å². The summed E-state index contributed by atoms with van der Waals surface area (Å²) < 4.78 is 1.22. The van der Waals surface area contributed by atoms with E-state index in [1.807, 2.05) is 11.3 Å². The molecule has 2 unspecified atom stereocenters. The Kier molecular flexibility index (Phi) is 5.61. The second-order valence-electron chi connectivity index (χ2n) is 4.59. The van der Waals surface area contributed by atoms with E-state index in [4.69, 9.17) is 0 Å². The Morgan fingerprint density at radius 1 is 1.16 bits per heavy atom. The first-order chi connectivity index (χ1) is 9.27. The Morgan fingerprint density at radius 2 is 1.89 bits per heavy atom. The van der Waals surface area contributed by atoms with Crippen molar-refractivity contribution in [3.63, 3.8) is 0 Å². The van der Waals surface area contributed by atoms with Gasteiger partial charge in [-0.25, -0.2) is 0 Å². The van der Waals surface area contributed by atoms with E-state index in [-0.39, 0.29) is 0 Å². The Hall–Kier alpha value is -0.640. The molecule has 0 spiro atoms. The third-order valence-corrected chi connectivity index (χ3v) is 5.38. The summed E-state index contributed by atoms with van der Waals surface area (Å²) in [6.45, 7) is 5.42. The molecule has 2 atom stereocenters. The Morgan fingerprint density at radius 3 is 2.42 bits per heavy atom. The third-order valence-electron chi connectivity index (χ3n) is 3.42. The predicted octanol–water partition coefficient (Wildman–Crippen LogP) is 5.36. The van der Waals surface area contributed by atoms with Gasteiger partial charge >= 0.3 is 0 Å². The van der Waals surface area contributed by atoms with Gasteiger partial charge in [0.1, 0.15) is 0 Å². The lowest BCUT2D eigenvalue weighted by Crippen LogP contribution is -2.26. The van der Waals surface area contributed by atoms with Crippen LogP contribution >= 0.6 is 27.3 Å². The highest BCUT2D eigenvalue weighted by atomic mass is 79.9. The molecule has 2 aromatic rings. The molecule has 0 aliphatic rings. The first-order valence-corrected chi connectivity index (χ1v) is 8.46. The van der Waals surface area contributed by atoms with Gasteiger partial charge < -0.3 is 5.32 Å². The average molecular weight is 338 g/mol. The van der Waals surface area contributed by atoms with Crippen molar-refractivity contribution in [1.29, 1.82) is 0 Å². The van der Waals surface area contributed by atoms with Crippen LogP contribution in [-0.4, -0.2) is 6.54 Å². The highest BCUT2D eigenvalue weighted by molar-refractivity contribution is 9.10. The maximum atomic E-state index is 3.68. The minimum Gasteiger partial charge on any atom is -0.309 e. The fourth-order valence-electron chi connectivity index (χ4n) is 2.53. The van der Waals surface area contributed by atoms with Crippen molar-refractivity contribution in [3.05, 3.63) is 56.7 Å². The van der Waals surface area contributed by atoms with Crippen molar-refractivity contribution in [2.24, 2.45) is 0 Å². The summed E-state index contributed by atoms with van der Waals surface area (Å²) >= 11 is 5.50. The molecule has 0 saturated carbocycles. The molecule has 1 heterocycles. The van der Waals surface area contributed by atoms with Crippen LogP contribution in [0.1, 0.15) is 42.7 Å². The number of likely N-dealkylation sites (N-methyl/N-ethyl adjacent to an activating group) is 1. The lowest BCUT2D eigenvalue weighted by Gasteiger charge is -2.27. The van der Waals surface area contributed by atoms with E-state index in [1.165, 1.54) is 14.9 Å². The summed E-state index contributed by atoms with van der Waals surface area (Å²) in [5.74, 6) is 0.510. The van der Waals surface area contributed by atoms with Crippen LogP contribution in [0, 0.1) is 0 Å². The van der Waals surface area contributed by atoms with Gasteiger partial charge in [-0.15, -0.1) is 11.3 Å². The van der Waals surface area contributed by atoms with Crippen molar-refractivity contribution >= 4 is 27.3 Å². The second kappa shape index (κ2) is 7.22. The van der Waals surface area contributed by atoms with E-state index in [0.717, 1.165) is 13.0 Å². The van der Waals surface area contributed by atoms with Gasteiger partial charge in [0.05, 0.1) is 0 Å². The van der Waals surface area contributed by atoms with E-state index in [1.54, 1.807) is 0 Å². The van der Waals surface area contributed by atoms with Crippen molar-refractivity contribution in [2.75, 3.05) is 6.54 Å². The standard InChI is InChI=1S/C16H20BrNS/c1-3-13(12-8-6-5-7-9-12)15(18-4-2)16-14(17)10-11-19-16/h5-11,13,15,18H,3-4H2,1-2H3. The number of thiophene rings is 1. The summed E-state index contributed by atoms with van der Waals surface area (Å²) in [6.07, 6.45) is 1.13. The van der Waals surface area contributed by atoms with E-state index in [2.05, 4.69) is 76.9 Å². The normalized spacial score (nSPS) is 14.3. The van der Waals surface area contributed by atoms with Crippen molar-refractivity contribution in [3.8, 4) is 0 Å². The zero-order valence-electron chi connectivity index (χ0n) is 11.4. The summed E-state index contributed by atoms with van der Waals surface area (Å²) in [7, 11) is 0. The minimum absolute atomic E-state index is 0.381. The van der Waals surface area contributed by atoms with E-state index < -0.39 is 0 Å². The molecule has 0 fully saturated rings. The predicted molar refractivity (Wildman–Crippen MR) is 87.9 cm³/mol. The molecule has 3 heteroatoms. The van der Waals surface area contributed by atoms with Gasteiger partial charge in [0.25, 0.3) is 0 Å². The quantitative estimate of drug-likeness (QED) is 0.748. The Balaban J connectivity index is 2.34. The van der Waals surface area contributed by atoms with Crippen molar-refractivity contribution < 1.29 is 0 Å². The monoisotopic (exact) mass is 337 g/mol. The van der Waals surface area contributed by atoms with Gasteiger partial charge in [0, 0.05) is 21.3 Å². The molecule has 1 aromatic carbocycles. The zero-order valence-corrected chi connectivity index (χ0v) is 13.8. The van der Waals surface area contributed by atoms with Crippen LogP contribution in [-0.2, 0) is 0 Å². The summed E-state index contributed by atoms with van der Waals surface area (Å²) in [5, 5.41) is 5.81. The number of benzene rings is 1. The van der Waals surface area contributed by atoms with Gasteiger partial charge in [-0.05, 0) is 45.9 Å². The largest absolute Gasteiger partial charge is 0.309 e. The van der Waals surface area contributed by atoms with Gasteiger partial charge in [-0.1, -0.05) is 44.2 Å². The third kappa shape index (κ3) is 3.47. The molecular formula is C16H20BrNS. The van der Waals surface area contributed by atoms with Crippen molar-refractivity contribution in [2.45, 2.75) is 32.2 Å². The number of nitrogens with one attached hydrogen (secondary N) is 1. The lowest BCUT2D eigenvalue weighted by atomic mass is 9.88. The minimum atomic E-state index is 0.381. The maximum absolute atomic E-state index is 3.68. The zero-order chi connectivity index (χ0) is 13.7. The van der Waals surface area contributed by atoms with Crippen LogP contribution in [0.5, 0.6) is 0 Å². The SMILES string of the molecule is CCNC(c1sccc1Br)C(CC)c1ccccc1. The molecule has 0 saturated heterocycles. The van der Waals surface area contributed by atoms with Crippen molar-refractivity contribution in [1.82, 2.24) is 5.32 Å². The highest BCUT2D eigenvalue weighted by Crippen LogP contribution is 2.39. The van der Waals surface area contributed by atoms with Gasteiger partial charge in [-0.2, -0.15) is 0 Å². The molecular weight excluding hydrogens is 318 g/mol. The molecule has 1 nitrogen and oxygen atoms in total. The molecule has 0 aliphatic carbocycles. The van der Waals surface area contributed by atoms with Crippen LogP contribution < -0.4 is 5.32 Å². The molecule has 1 aromatic heterocycles. The molecule has 0 aliphatic heterocycles. The summed E-state index contributed by atoms with van der Waals surface area (Å²) in [6, 6.07) is 13.3. The number of halogens is 1. The molecule has 1 N–H and O–H groups in total. The van der Waals surface area contributed by atoms with Gasteiger partial charge in [-0.3, -0.25) is 0 Å². The molecule has 0 amide bonds. The molecule has 0 radical (unpaired) electrons. The first-order valence-electron chi connectivity index (χ1n) is 6.79. The first kappa shape index (κ1) is 14.8. The molecule has 2 rings (SSSR count). The average Bonchev–Trinajstić information content (AvgIpc) is 2.86. The molecule has 0 bridgehead atoms. The van der Waals surface area contributed by atoms with Crippen LogP contribution in [0.3, 0.4) is 0 Å². The molecule has 19 heavy (non-hydrogen) atoms. The number of hydrogen-bond donors (Lipinski definition) is 1. The van der Waals surface area contributed by atoms with Crippen LogP contribution in [0.25, 0.3) is 0 Å². The summed E-state index contributed by atoms with van der Waals surface area (Å²) in [4.78, 5) is 1.40. The van der Waals surface area contributed by atoms with Crippen LogP contribution in [0.15, 0.2) is 46.3 Å². The smallest absolute Gasteiger partial charge is 0.0495 e.